The molecule has 2 atom stereocenters. The molecule has 1 aromatic rings. The number of carbonyl (C=O) groups excluding carboxylic acids is 1. The highest BCUT2D eigenvalue weighted by Gasteiger charge is 2.45. The van der Waals surface area contributed by atoms with E-state index in [1.54, 1.807) is 12.1 Å². The molecule has 0 bridgehead atoms. The number of benzene rings is 1. The SMILES string of the molecule is O=C(O)C1CCC1C(=O)N(Cc1ccc(Cl)c(Cl)c1)C1CC1. The van der Waals surface area contributed by atoms with Crippen LogP contribution < -0.4 is 0 Å². The van der Waals surface area contributed by atoms with Gasteiger partial charge in [-0.05, 0) is 43.4 Å². The summed E-state index contributed by atoms with van der Waals surface area (Å²) < 4.78 is 0. The number of rotatable bonds is 5. The molecule has 1 N–H and O–H groups in total. The Balaban J connectivity index is 1.74. The summed E-state index contributed by atoms with van der Waals surface area (Å²) in [6.07, 6.45) is 3.23. The Kier molecular flexibility index (Phi) is 4.33. The molecule has 1 aromatic carbocycles. The van der Waals surface area contributed by atoms with E-state index in [1.807, 2.05) is 11.0 Å². The minimum Gasteiger partial charge on any atom is -0.481 e. The summed E-state index contributed by atoms with van der Waals surface area (Å²) >= 11 is 11.9. The van der Waals surface area contributed by atoms with Crippen molar-refractivity contribution in [3.8, 4) is 0 Å². The molecule has 22 heavy (non-hydrogen) atoms. The minimum atomic E-state index is -0.866. The Morgan fingerprint density at radius 1 is 1.09 bits per heavy atom. The fourth-order valence-corrected chi connectivity index (χ4v) is 3.23. The molecule has 0 aromatic heterocycles. The third-order valence-electron chi connectivity index (χ3n) is 4.52. The maximum Gasteiger partial charge on any atom is 0.307 e. The highest BCUT2D eigenvalue weighted by Crippen LogP contribution is 2.39. The number of carboxylic acids is 1. The number of nitrogens with zero attached hydrogens (tertiary/aromatic N) is 1. The summed E-state index contributed by atoms with van der Waals surface area (Å²) in [5.74, 6) is -1.80. The standard InChI is InChI=1S/C16H17Cl2NO3/c17-13-6-1-9(7-14(13)18)8-19(10-2-3-10)15(20)11-4-5-12(11)16(21)22/h1,6-7,10-12H,2-5,8H2,(H,21,22). The lowest BCUT2D eigenvalue weighted by atomic mass is 9.73. The van der Waals surface area contributed by atoms with Gasteiger partial charge in [0.25, 0.3) is 0 Å². The second-order valence-corrected chi connectivity index (χ2v) is 6.89. The van der Waals surface area contributed by atoms with Crippen molar-refractivity contribution < 1.29 is 14.7 Å². The van der Waals surface area contributed by atoms with Crippen LogP contribution in [0.3, 0.4) is 0 Å². The minimum absolute atomic E-state index is 0.0350. The van der Waals surface area contributed by atoms with Gasteiger partial charge >= 0.3 is 5.97 Å². The van der Waals surface area contributed by atoms with E-state index >= 15 is 0 Å². The Hall–Kier alpha value is -1.26. The van der Waals surface area contributed by atoms with Gasteiger partial charge in [-0.1, -0.05) is 29.3 Å². The quantitative estimate of drug-likeness (QED) is 0.890. The summed E-state index contributed by atoms with van der Waals surface area (Å²) in [6.45, 7) is 0.462. The van der Waals surface area contributed by atoms with E-state index in [0.29, 0.717) is 29.4 Å². The van der Waals surface area contributed by atoms with E-state index < -0.39 is 11.9 Å². The van der Waals surface area contributed by atoms with Crippen LogP contribution in [0.2, 0.25) is 10.0 Å². The first-order valence-electron chi connectivity index (χ1n) is 7.44. The average Bonchev–Trinajstić information content (AvgIpc) is 3.22. The van der Waals surface area contributed by atoms with E-state index in [-0.39, 0.29) is 17.9 Å². The van der Waals surface area contributed by atoms with Gasteiger partial charge in [0.1, 0.15) is 0 Å². The van der Waals surface area contributed by atoms with E-state index in [1.165, 1.54) is 0 Å². The molecule has 2 saturated carbocycles. The predicted molar refractivity (Wildman–Crippen MR) is 83.9 cm³/mol. The van der Waals surface area contributed by atoms with E-state index in [9.17, 15) is 9.59 Å². The van der Waals surface area contributed by atoms with E-state index in [4.69, 9.17) is 28.3 Å². The lowest BCUT2D eigenvalue weighted by Crippen LogP contribution is -2.46. The number of amides is 1. The first-order chi connectivity index (χ1) is 10.5. The lowest BCUT2D eigenvalue weighted by Gasteiger charge is -2.36. The molecule has 0 radical (unpaired) electrons. The van der Waals surface area contributed by atoms with Crippen LogP contribution in [0.25, 0.3) is 0 Å². The maximum atomic E-state index is 12.7. The Morgan fingerprint density at radius 2 is 1.77 bits per heavy atom. The third-order valence-corrected chi connectivity index (χ3v) is 5.26. The zero-order valence-corrected chi connectivity index (χ0v) is 13.5. The van der Waals surface area contributed by atoms with Gasteiger partial charge in [-0.15, -0.1) is 0 Å². The van der Waals surface area contributed by atoms with Crippen LogP contribution in [0.4, 0.5) is 0 Å². The van der Waals surface area contributed by atoms with Crippen molar-refractivity contribution in [3.63, 3.8) is 0 Å². The predicted octanol–water partition coefficient (Wildman–Crippen LogP) is 3.60. The van der Waals surface area contributed by atoms with Crippen molar-refractivity contribution >= 4 is 35.1 Å². The first-order valence-corrected chi connectivity index (χ1v) is 8.20. The number of hydrogen-bond donors (Lipinski definition) is 1. The second kappa shape index (κ2) is 6.09. The van der Waals surface area contributed by atoms with Gasteiger partial charge in [-0.2, -0.15) is 0 Å². The third kappa shape index (κ3) is 3.08. The van der Waals surface area contributed by atoms with Crippen LogP contribution in [0, 0.1) is 11.8 Å². The number of hydrogen-bond acceptors (Lipinski definition) is 2. The van der Waals surface area contributed by atoms with Crippen LogP contribution in [0.15, 0.2) is 18.2 Å². The number of aliphatic carboxylic acids is 1. The molecule has 3 rings (SSSR count). The molecular weight excluding hydrogens is 325 g/mol. The van der Waals surface area contributed by atoms with E-state index in [0.717, 1.165) is 18.4 Å². The fourth-order valence-electron chi connectivity index (χ4n) is 2.91. The van der Waals surface area contributed by atoms with Crippen molar-refractivity contribution in [1.82, 2.24) is 4.90 Å². The highest BCUT2D eigenvalue weighted by molar-refractivity contribution is 6.42. The zero-order valence-electron chi connectivity index (χ0n) is 12.0. The van der Waals surface area contributed by atoms with Crippen LogP contribution >= 0.6 is 23.2 Å². The zero-order chi connectivity index (χ0) is 15.9. The molecule has 2 aliphatic rings. The van der Waals surface area contributed by atoms with Crippen molar-refractivity contribution in [2.24, 2.45) is 11.8 Å². The molecule has 118 valence electrons. The summed E-state index contributed by atoms with van der Waals surface area (Å²) in [5.41, 5.74) is 0.917. The molecule has 0 heterocycles. The van der Waals surface area contributed by atoms with Crippen LogP contribution in [0.5, 0.6) is 0 Å². The highest BCUT2D eigenvalue weighted by atomic mass is 35.5. The van der Waals surface area contributed by atoms with Crippen molar-refractivity contribution in [3.05, 3.63) is 33.8 Å². The molecule has 0 saturated heterocycles. The van der Waals surface area contributed by atoms with Crippen LogP contribution in [-0.2, 0) is 16.1 Å². The summed E-state index contributed by atoms with van der Waals surface area (Å²) in [6, 6.07) is 5.57. The lowest BCUT2D eigenvalue weighted by molar-refractivity contribution is -0.157. The van der Waals surface area contributed by atoms with Gasteiger partial charge in [-0.3, -0.25) is 9.59 Å². The van der Waals surface area contributed by atoms with Crippen LogP contribution in [0.1, 0.15) is 31.2 Å². The van der Waals surface area contributed by atoms with Crippen molar-refractivity contribution in [2.45, 2.75) is 38.3 Å². The number of carbonyl (C=O) groups is 2. The van der Waals surface area contributed by atoms with Gasteiger partial charge in [-0.25, -0.2) is 0 Å². The molecule has 0 aliphatic heterocycles. The van der Waals surface area contributed by atoms with Gasteiger partial charge in [0, 0.05) is 12.6 Å². The van der Waals surface area contributed by atoms with Gasteiger partial charge in [0.2, 0.25) is 5.91 Å². The Labute approximate surface area is 139 Å². The largest absolute Gasteiger partial charge is 0.481 e. The van der Waals surface area contributed by atoms with Gasteiger partial charge in [0.15, 0.2) is 0 Å². The summed E-state index contributed by atoms with van der Waals surface area (Å²) in [5, 5.41) is 10.1. The number of carboxylic acid groups (broad SMARTS) is 1. The Morgan fingerprint density at radius 3 is 2.27 bits per heavy atom. The van der Waals surface area contributed by atoms with Gasteiger partial charge < -0.3 is 10.0 Å². The molecule has 2 unspecified atom stereocenters. The van der Waals surface area contributed by atoms with Gasteiger partial charge in [0.05, 0.1) is 21.9 Å². The molecule has 2 fully saturated rings. The van der Waals surface area contributed by atoms with E-state index in [2.05, 4.69) is 0 Å². The molecule has 2 aliphatic carbocycles. The first kappa shape index (κ1) is 15.6. The molecule has 6 heteroatoms. The summed E-state index contributed by atoms with van der Waals surface area (Å²) in [4.78, 5) is 25.6. The normalized spacial score (nSPS) is 23.7. The molecule has 4 nitrogen and oxygen atoms in total. The second-order valence-electron chi connectivity index (χ2n) is 6.07. The Bertz CT molecular complexity index is 615. The molecule has 0 spiro atoms. The molecule has 1 amide bonds. The van der Waals surface area contributed by atoms with Crippen molar-refractivity contribution in [2.75, 3.05) is 0 Å². The maximum absolute atomic E-state index is 12.7. The smallest absolute Gasteiger partial charge is 0.307 e. The van der Waals surface area contributed by atoms with Crippen molar-refractivity contribution in [1.29, 1.82) is 0 Å². The topological polar surface area (TPSA) is 57.6 Å². The average molecular weight is 342 g/mol. The monoisotopic (exact) mass is 341 g/mol. The summed E-state index contributed by atoms with van der Waals surface area (Å²) in [7, 11) is 0. The van der Waals surface area contributed by atoms with Crippen LogP contribution in [-0.4, -0.2) is 27.9 Å². The molecular formula is C16H17Cl2NO3. The number of halogens is 2. The fraction of sp³-hybridized carbons (Fsp3) is 0.500.